The number of alkyl halides is 2. The van der Waals surface area contributed by atoms with E-state index in [0.29, 0.717) is 0 Å². The summed E-state index contributed by atoms with van der Waals surface area (Å²) in [6.45, 7) is -1.93. The number of hydrogen-bond acceptors (Lipinski definition) is 4. The van der Waals surface area contributed by atoms with Gasteiger partial charge in [-0.3, -0.25) is 4.79 Å². The van der Waals surface area contributed by atoms with Crippen molar-refractivity contribution in [2.45, 2.75) is 19.6 Å². The van der Waals surface area contributed by atoms with Gasteiger partial charge < -0.3 is 19.9 Å². The molecule has 0 aliphatic rings. The Morgan fingerprint density at radius 3 is 2.40 bits per heavy atom. The maximum absolute atomic E-state index is 12.3. The van der Waals surface area contributed by atoms with Crippen LogP contribution in [-0.2, 0) is 9.59 Å². The zero-order valence-electron chi connectivity index (χ0n) is 10.7. The smallest absolute Gasteiger partial charge is 0.387 e. The molecular weight excluding hydrogens is 276 g/mol. The van der Waals surface area contributed by atoms with Crippen LogP contribution in [0.5, 0.6) is 11.5 Å². The highest BCUT2D eigenvalue weighted by molar-refractivity contribution is 5.83. The maximum atomic E-state index is 12.3. The number of aliphatic carboxylic acids is 1. The Kier molecular flexibility index (Phi) is 5.24. The second-order valence-corrected chi connectivity index (χ2v) is 3.76. The van der Waals surface area contributed by atoms with Crippen molar-refractivity contribution >= 4 is 11.9 Å². The summed E-state index contributed by atoms with van der Waals surface area (Å²) in [5.74, 6) is -2.17. The summed E-state index contributed by atoms with van der Waals surface area (Å²) in [5, 5.41) is 11.2. The van der Waals surface area contributed by atoms with Gasteiger partial charge in [-0.15, -0.1) is 0 Å². The number of methoxy groups -OCH3 is 1. The molecule has 1 rings (SSSR count). The molecule has 110 valence electrons. The number of amides is 1. The number of carboxylic acids is 1. The lowest BCUT2D eigenvalue weighted by atomic mass is 10.1. The third-order valence-corrected chi connectivity index (χ3v) is 2.33. The molecule has 0 fully saturated rings. The lowest BCUT2D eigenvalue weighted by molar-refractivity contribution is -0.141. The van der Waals surface area contributed by atoms with Crippen LogP contribution in [0.2, 0.25) is 0 Å². The fraction of sp³-hybridized carbons (Fsp3) is 0.333. The van der Waals surface area contributed by atoms with Crippen LogP contribution in [0.4, 0.5) is 8.78 Å². The highest BCUT2D eigenvalue weighted by atomic mass is 19.3. The zero-order chi connectivity index (χ0) is 15.3. The van der Waals surface area contributed by atoms with Crippen LogP contribution < -0.4 is 14.8 Å². The van der Waals surface area contributed by atoms with Crippen molar-refractivity contribution in [1.29, 1.82) is 0 Å². The molecule has 0 heterocycles. The van der Waals surface area contributed by atoms with Crippen LogP contribution in [0.1, 0.15) is 18.5 Å². The second-order valence-electron chi connectivity index (χ2n) is 3.76. The van der Waals surface area contributed by atoms with Crippen LogP contribution in [-0.4, -0.2) is 30.7 Å². The van der Waals surface area contributed by atoms with Gasteiger partial charge in [0, 0.05) is 6.92 Å². The van der Waals surface area contributed by atoms with Gasteiger partial charge in [0.25, 0.3) is 0 Å². The predicted molar refractivity (Wildman–Crippen MR) is 63.8 cm³/mol. The minimum atomic E-state index is -3.08. The van der Waals surface area contributed by atoms with Gasteiger partial charge in [0.1, 0.15) is 0 Å². The van der Waals surface area contributed by atoms with Crippen LogP contribution in [0, 0.1) is 0 Å². The number of carboxylic acid groups (broad SMARTS) is 1. The van der Waals surface area contributed by atoms with E-state index in [4.69, 9.17) is 9.84 Å². The highest BCUT2D eigenvalue weighted by Gasteiger charge is 2.23. The first-order valence-corrected chi connectivity index (χ1v) is 5.47. The second kappa shape index (κ2) is 6.69. The molecule has 0 spiro atoms. The van der Waals surface area contributed by atoms with Gasteiger partial charge in [0.2, 0.25) is 5.91 Å². The number of halogens is 2. The molecule has 0 saturated carbocycles. The molecule has 8 heteroatoms. The normalized spacial score (nSPS) is 11.8. The van der Waals surface area contributed by atoms with Crippen LogP contribution in [0.15, 0.2) is 18.2 Å². The fourth-order valence-electron chi connectivity index (χ4n) is 1.55. The third kappa shape index (κ3) is 4.08. The Morgan fingerprint density at radius 1 is 1.30 bits per heavy atom. The lowest BCUT2D eigenvalue weighted by Crippen LogP contribution is -2.32. The number of nitrogens with one attached hydrogen (secondary N) is 1. The first-order chi connectivity index (χ1) is 9.35. The number of hydrogen-bond donors (Lipinski definition) is 2. The molecule has 0 bridgehead atoms. The van der Waals surface area contributed by atoms with Crippen LogP contribution >= 0.6 is 0 Å². The number of benzene rings is 1. The molecule has 1 aromatic rings. The van der Waals surface area contributed by atoms with E-state index in [1.165, 1.54) is 19.2 Å². The highest BCUT2D eigenvalue weighted by Crippen LogP contribution is 2.31. The van der Waals surface area contributed by atoms with Gasteiger partial charge >= 0.3 is 12.6 Å². The Morgan fingerprint density at radius 2 is 1.95 bits per heavy atom. The largest absolute Gasteiger partial charge is 0.493 e. The van der Waals surface area contributed by atoms with Crippen molar-refractivity contribution < 1.29 is 33.0 Å². The molecule has 1 amide bonds. The number of carbonyl (C=O) groups is 2. The van der Waals surface area contributed by atoms with E-state index < -0.39 is 24.5 Å². The van der Waals surface area contributed by atoms with Crippen molar-refractivity contribution in [2.75, 3.05) is 7.11 Å². The van der Waals surface area contributed by atoms with E-state index >= 15 is 0 Å². The summed E-state index contributed by atoms with van der Waals surface area (Å²) in [5.41, 5.74) is 0.0872. The molecule has 2 N–H and O–H groups in total. The molecule has 1 atom stereocenters. The summed E-state index contributed by atoms with van der Waals surface area (Å²) in [4.78, 5) is 22.1. The minimum Gasteiger partial charge on any atom is -0.493 e. The molecule has 6 nitrogen and oxygen atoms in total. The molecule has 0 saturated heterocycles. The standard InChI is InChI=1S/C12H13F2NO5/c1-6(16)15-10(11(17)18)7-3-4-8(19-2)9(5-7)20-12(13)14/h3-5,10,12H,1-2H3,(H,15,16)(H,17,18). The van der Waals surface area contributed by atoms with E-state index in [1.807, 2.05) is 0 Å². The molecule has 1 aromatic carbocycles. The molecule has 0 aromatic heterocycles. The first kappa shape index (κ1) is 15.7. The topological polar surface area (TPSA) is 84.9 Å². The molecule has 20 heavy (non-hydrogen) atoms. The minimum absolute atomic E-state index is 0.0287. The Balaban J connectivity index is 3.16. The number of carbonyl (C=O) groups excluding carboxylic acids is 1. The van der Waals surface area contributed by atoms with Crippen molar-refractivity contribution in [3.8, 4) is 11.5 Å². The van der Waals surface area contributed by atoms with E-state index in [1.54, 1.807) is 0 Å². The maximum Gasteiger partial charge on any atom is 0.387 e. The summed E-state index contributed by atoms with van der Waals surface area (Å²) >= 11 is 0. The van der Waals surface area contributed by atoms with Gasteiger partial charge in [-0.05, 0) is 17.7 Å². The molecule has 1 unspecified atom stereocenters. The molecule has 0 aliphatic heterocycles. The summed E-state index contributed by atoms with van der Waals surface area (Å²) in [7, 11) is 1.26. The quantitative estimate of drug-likeness (QED) is 0.830. The van der Waals surface area contributed by atoms with Crippen molar-refractivity contribution in [3.63, 3.8) is 0 Å². The molecular formula is C12H13F2NO5. The Bertz CT molecular complexity index is 507. The van der Waals surface area contributed by atoms with Crippen molar-refractivity contribution in [1.82, 2.24) is 5.32 Å². The zero-order valence-corrected chi connectivity index (χ0v) is 10.7. The molecule has 0 aliphatic carbocycles. The lowest BCUT2D eigenvalue weighted by Gasteiger charge is -2.16. The van der Waals surface area contributed by atoms with Gasteiger partial charge in [0.15, 0.2) is 17.5 Å². The van der Waals surface area contributed by atoms with Gasteiger partial charge in [0.05, 0.1) is 7.11 Å². The van der Waals surface area contributed by atoms with E-state index in [9.17, 15) is 18.4 Å². The summed E-state index contributed by atoms with van der Waals surface area (Å²) < 4.78 is 33.6. The summed E-state index contributed by atoms with van der Waals surface area (Å²) in [6, 6.07) is 2.34. The average Bonchev–Trinajstić information content (AvgIpc) is 2.34. The SMILES string of the molecule is COc1ccc(C(NC(C)=O)C(=O)O)cc1OC(F)F. The van der Waals surface area contributed by atoms with Gasteiger partial charge in [-0.25, -0.2) is 4.79 Å². The van der Waals surface area contributed by atoms with Crippen LogP contribution in [0.25, 0.3) is 0 Å². The van der Waals surface area contributed by atoms with E-state index in [-0.39, 0.29) is 17.1 Å². The van der Waals surface area contributed by atoms with Crippen molar-refractivity contribution in [3.05, 3.63) is 23.8 Å². The van der Waals surface area contributed by atoms with Crippen molar-refractivity contribution in [2.24, 2.45) is 0 Å². The Labute approximate surface area is 113 Å². The van der Waals surface area contributed by atoms with E-state index in [2.05, 4.69) is 10.1 Å². The predicted octanol–water partition coefficient (Wildman–Crippen LogP) is 1.56. The van der Waals surface area contributed by atoms with Crippen LogP contribution in [0.3, 0.4) is 0 Å². The fourth-order valence-corrected chi connectivity index (χ4v) is 1.55. The third-order valence-electron chi connectivity index (χ3n) is 2.33. The molecule has 0 radical (unpaired) electrons. The average molecular weight is 289 g/mol. The Hall–Kier alpha value is -2.38. The monoisotopic (exact) mass is 289 g/mol. The number of ether oxygens (including phenoxy) is 2. The number of rotatable bonds is 6. The summed E-state index contributed by atoms with van der Waals surface area (Å²) in [6.07, 6.45) is 0. The van der Waals surface area contributed by atoms with Gasteiger partial charge in [-0.1, -0.05) is 6.07 Å². The van der Waals surface area contributed by atoms with Gasteiger partial charge in [-0.2, -0.15) is 8.78 Å². The van der Waals surface area contributed by atoms with E-state index in [0.717, 1.165) is 13.0 Å². The first-order valence-electron chi connectivity index (χ1n) is 5.47.